The molecule has 0 spiro atoms. The first-order chi connectivity index (χ1) is 6.72. The summed E-state index contributed by atoms with van der Waals surface area (Å²) in [7, 11) is 0. The van der Waals surface area contributed by atoms with E-state index < -0.39 is 0 Å². The first kappa shape index (κ1) is 12.0. The van der Waals surface area contributed by atoms with Crippen molar-refractivity contribution in [2.24, 2.45) is 5.92 Å². The quantitative estimate of drug-likeness (QED) is 0.648. The molecule has 0 aliphatic heterocycles. The molecule has 14 heavy (non-hydrogen) atoms. The van der Waals surface area contributed by atoms with Gasteiger partial charge in [0, 0.05) is 6.54 Å². The molecule has 1 fully saturated rings. The highest BCUT2D eigenvalue weighted by atomic mass is 16.3. The molecule has 0 radical (unpaired) electrons. The molecular weight excluding hydrogens is 174 g/mol. The van der Waals surface area contributed by atoms with Gasteiger partial charge in [-0.15, -0.1) is 0 Å². The number of hydrogen-bond donors (Lipinski definition) is 1. The summed E-state index contributed by atoms with van der Waals surface area (Å²) in [5.41, 5.74) is 0. The summed E-state index contributed by atoms with van der Waals surface area (Å²) in [6, 6.07) is 0. The zero-order valence-electron chi connectivity index (χ0n) is 9.71. The molecule has 1 saturated carbocycles. The van der Waals surface area contributed by atoms with Gasteiger partial charge in [-0.2, -0.15) is 0 Å². The molecule has 0 aromatic carbocycles. The summed E-state index contributed by atoms with van der Waals surface area (Å²) >= 11 is 0. The highest BCUT2D eigenvalue weighted by molar-refractivity contribution is 4.77. The minimum atomic E-state index is -0.126. The van der Waals surface area contributed by atoms with Crippen molar-refractivity contribution in [1.29, 1.82) is 0 Å². The molecular formula is C12H25NO. The first-order valence-corrected chi connectivity index (χ1v) is 6.12. The Balaban J connectivity index is 2.06. The van der Waals surface area contributed by atoms with Crippen LogP contribution in [-0.2, 0) is 0 Å². The summed E-state index contributed by atoms with van der Waals surface area (Å²) in [4.78, 5) is 2.57. The summed E-state index contributed by atoms with van der Waals surface area (Å²) in [6.45, 7) is 7.83. The fourth-order valence-electron chi connectivity index (χ4n) is 1.89. The summed E-state index contributed by atoms with van der Waals surface area (Å²) in [5, 5.41) is 9.17. The number of nitrogens with zero attached hydrogens (tertiary/aromatic N) is 1. The van der Waals surface area contributed by atoms with Crippen molar-refractivity contribution in [1.82, 2.24) is 4.90 Å². The number of aliphatic hydroxyl groups excluding tert-OH is 1. The second-order valence-corrected chi connectivity index (χ2v) is 4.74. The van der Waals surface area contributed by atoms with Gasteiger partial charge in [-0.05, 0) is 58.0 Å². The van der Waals surface area contributed by atoms with Crippen molar-refractivity contribution < 1.29 is 5.11 Å². The third-order valence-corrected chi connectivity index (χ3v) is 2.85. The van der Waals surface area contributed by atoms with E-state index in [-0.39, 0.29) is 6.10 Å². The molecule has 1 unspecified atom stereocenters. The number of aliphatic hydroxyl groups is 1. The lowest BCUT2D eigenvalue weighted by Gasteiger charge is -2.21. The van der Waals surface area contributed by atoms with Gasteiger partial charge in [-0.1, -0.05) is 6.92 Å². The maximum Gasteiger partial charge on any atom is 0.0512 e. The van der Waals surface area contributed by atoms with Crippen LogP contribution in [0.3, 0.4) is 0 Å². The van der Waals surface area contributed by atoms with Crippen molar-refractivity contribution in [3.05, 3.63) is 0 Å². The predicted molar refractivity (Wildman–Crippen MR) is 60.4 cm³/mol. The maximum atomic E-state index is 9.17. The molecule has 1 aliphatic rings. The second-order valence-electron chi connectivity index (χ2n) is 4.74. The summed E-state index contributed by atoms with van der Waals surface area (Å²) in [6.07, 6.45) is 6.10. The highest BCUT2D eigenvalue weighted by Gasteiger charge is 2.23. The van der Waals surface area contributed by atoms with Crippen LogP contribution in [0.4, 0.5) is 0 Å². The lowest BCUT2D eigenvalue weighted by molar-refractivity contribution is 0.169. The third kappa shape index (κ3) is 5.61. The van der Waals surface area contributed by atoms with Gasteiger partial charge >= 0.3 is 0 Å². The zero-order chi connectivity index (χ0) is 10.4. The SMILES string of the molecule is CCCN(CCCC(C)O)CC1CC1. The number of hydrogen-bond acceptors (Lipinski definition) is 2. The van der Waals surface area contributed by atoms with Gasteiger partial charge < -0.3 is 10.0 Å². The zero-order valence-corrected chi connectivity index (χ0v) is 9.71. The smallest absolute Gasteiger partial charge is 0.0512 e. The molecule has 0 saturated heterocycles. The van der Waals surface area contributed by atoms with Gasteiger partial charge in [0.05, 0.1) is 6.10 Å². The van der Waals surface area contributed by atoms with Crippen LogP contribution in [0.15, 0.2) is 0 Å². The van der Waals surface area contributed by atoms with Gasteiger partial charge in [0.1, 0.15) is 0 Å². The Morgan fingerprint density at radius 1 is 1.36 bits per heavy atom. The van der Waals surface area contributed by atoms with Gasteiger partial charge in [-0.3, -0.25) is 0 Å². The normalized spacial score (nSPS) is 18.9. The van der Waals surface area contributed by atoms with Crippen molar-refractivity contribution in [2.75, 3.05) is 19.6 Å². The molecule has 0 aromatic heterocycles. The van der Waals surface area contributed by atoms with E-state index in [1.807, 2.05) is 6.92 Å². The molecule has 1 N–H and O–H groups in total. The average molecular weight is 199 g/mol. The standard InChI is InChI=1S/C12H25NO/c1-3-8-13(10-12-6-7-12)9-4-5-11(2)14/h11-12,14H,3-10H2,1-2H3. The topological polar surface area (TPSA) is 23.5 Å². The van der Waals surface area contributed by atoms with Crippen LogP contribution >= 0.6 is 0 Å². The molecule has 0 heterocycles. The Bertz CT molecular complexity index is 143. The van der Waals surface area contributed by atoms with Crippen LogP contribution in [0.2, 0.25) is 0 Å². The number of rotatable bonds is 8. The lowest BCUT2D eigenvalue weighted by atomic mass is 10.2. The van der Waals surface area contributed by atoms with Crippen molar-refractivity contribution >= 4 is 0 Å². The molecule has 0 amide bonds. The van der Waals surface area contributed by atoms with Crippen LogP contribution in [0.1, 0.15) is 46.0 Å². The van der Waals surface area contributed by atoms with Crippen molar-refractivity contribution in [3.8, 4) is 0 Å². The fourth-order valence-corrected chi connectivity index (χ4v) is 1.89. The Morgan fingerprint density at radius 2 is 2.07 bits per heavy atom. The third-order valence-electron chi connectivity index (χ3n) is 2.85. The van der Waals surface area contributed by atoms with Crippen LogP contribution in [0.5, 0.6) is 0 Å². The van der Waals surface area contributed by atoms with Crippen molar-refractivity contribution in [3.63, 3.8) is 0 Å². The summed E-state index contributed by atoms with van der Waals surface area (Å²) in [5.74, 6) is 0.994. The van der Waals surface area contributed by atoms with Gasteiger partial charge in [0.25, 0.3) is 0 Å². The van der Waals surface area contributed by atoms with E-state index in [2.05, 4.69) is 11.8 Å². The van der Waals surface area contributed by atoms with E-state index in [1.54, 1.807) is 0 Å². The Hall–Kier alpha value is -0.0800. The average Bonchev–Trinajstić information content (AvgIpc) is 2.88. The fraction of sp³-hybridized carbons (Fsp3) is 1.00. The largest absolute Gasteiger partial charge is 0.393 e. The molecule has 0 aromatic rings. The maximum absolute atomic E-state index is 9.17. The molecule has 0 bridgehead atoms. The molecule has 2 nitrogen and oxygen atoms in total. The van der Waals surface area contributed by atoms with Gasteiger partial charge in [0.2, 0.25) is 0 Å². The van der Waals surface area contributed by atoms with Crippen LogP contribution in [-0.4, -0.2) is 35.7 Å². The Morgan fingerprint density at radius 3 is 2.57 bits per heavy atom. The van der Waals surface area contributed by atoms with E-state index in [9.17, 15) is 5.11 Å². The Kier molecular flexibility index (Phi) is 5.49. The van der Waals surface area contributed by atoms with Crippen LogP contribution in [0, 0.1) is 5.92 Å². The predicted octanol–water partition coefficient (Wildman–Crippen LogP) is 2.27. The van der Waals surface area contributed by atoms with Gasteiger partial charge in [0.15, 0.2) is 0 Å². The second kappa shape index (κ2) is 6.41. The highest BCUT2D eigenvalue weighted by Crippen LogP contribution is 2.29. The molecule has 1 rings (SSSR count). The van der Waals surface area contributed by atoms with E-state index >= 15 is 0 Å². The summed E-state index contributed by atoms with van der Waals surface area (Å²) < 4.78 is 0. The van der Waals surface area contributed by atoms with Crippen LogP contribution < -0.4 is 0 Å². The molecule has 1 atom stereocenters. The van der Waals surface area contributed by atoms with E-state index in [0.29, 0.717) is 0 Å². The van der Waals surface area contributed by atoms with E-state index in [1.165, 1.54) is 38.9 Å². The first-order valence-electron chi connectivity index (χ1n) is 6.12. The van der Waals surface area contributed by atoms with E-state index in [4.69, 9.17) is 0 Å². The minimum Gasteiger partial charge on any atom is -0.393 e. The molecule has 2 heteroatoms. The van der Waals surface area contributed by atoms with Crippen LogP contribution in [0.25, 0.3) is 0 Å². The van der Waals surface area contributed by atoms with E-state index in [0.717, 1.165) is 18.8 Å². The Labute approximate surface area is 88.3 Å². The lowest BCUT2D eigenvalue weighted by Crippen LogP contribution is -2.28. The molecule has 84 valence electrons. The molecule has 1 aliphatic carbocycles. The monoisotopic (exact) mass is 199 g/mol. The van der Waals surface area contributed by atoms with Crippen molar-refractivity contribution in [2.45, 2.75) is 52.1 Å². The minimum absolute atomic E-state index is 0.126. The van der Waals surface area contributed by atoms with Gasteiger partial charge in [-0.25, -0.2) is 0 Å².